The highest BCUT2D eigenvalue weighted by atomic mass is 35.5. The van der Waals surface area contributed by atoms with Gasteiger partial charge in [0.15, 0.2) is 0 Å². The molecule has 3 N–H and O–H groups in total. The van der Waals surface area contributed by atoms with Gasteiger partial charge in [-0.15, -0.1) is 0 Å². The maximum atomic E-state index is 12.7. The number of carbonyl (C=O) groups excluding carboxylic acids is 2. The molecule has 27 heavy (non-hydrogen) atoms. The van der Waals surface area contributed by atoms with Crippen molar-refractivity contribution in [3.8, 4) is 0 Å². The van der Waals surface area contributed by atoms with Crippen LogP contribution in [-0.4, -0.2) is 34.7 Å². The average Bonchev–Trinajstić information content (AvgIpc) is 2.95. The molecule has 6 nitrogen and oxygen atoms in total. The summed E-state index contributed by atoms with van der Waals surface area (Å²) < 4.78 is 5.35. The summed E-state index contributed by atoms with van der Waals surface area (Å²) in [5, 5.41) is 7.50. The normalized spacial score (nSPS) is 20.3. The van der Waals surface area contributed by atoms with Crippen molar-refractivity contribution in [2.24, 2.45) is 0 Å². The predicted octanol–water partition coefficient (Wildman–Crippen LogP) is 4.39. The number of nitrogens with one attached hydrogen (secondary N) is 3. The van der Waals surface area contributed by atoms with Gasteiger partial charge in [0, 0.05) is 28.7 Å². The molecule has 0 spiro atoms. The van der Waals surface area contributed by atoms with Gasteiger partial charge in [-0.05, 0) is 45.7 Å². The minimum Gasteiger partial charge on any atom is -0.444 e. The van der Waals surface area contributed by atoms with E-state index < -0.39 is 11.7 Å². The number of hydrogen-bond acceptors (Lipinski definition) is 3. The second-order valence-electron chi connectivity index (χ2n) is 8.01. The maximum Gasteiger partial charge on any atom is 0.407 e. The van der Waals surface area contributed by atoms with Crippen molar-refractivity contribution in [1.29, 1.82) is 0 Å². The number of aromatic nitrogens is 1. The van der Waals surface area contributed by atoms with Gasteiger partial charge in [0.05, 0.1) is 11.1 Å². The molecule has 0 radical (unpaired) electrons. The van der Waals surface area contributed by atoms with Gasteiger partial charge < -0.3 is 20.4 Å². The molecule has 1 heterocycles. The third-order valence-corrected chi connectivity index (χ3v) is 4.99. The van der Waals surface area contributed by atoms with Crippen LogP contribution in [0, 0.1) is 0 Å². The topological polar surface area (TPSA) is 83.2 Å². The molecular formula is C20H26ClN3O3. The molecule has 2 amide bonds. The number of ether oxygens (including phenoxy) is 1. The number of hydrogen-bond donors (Lipinski definition) is 3. The average molecular weight is 392 g/mol. The van der Waals surface area contributed by atoms with E-state index in [1.807, 2.05) is 26.8 Å². The Balaban J connectivity index is 1.67. The molecular weight excluding hydrogens is 366 g/mol. The number of H-pyrrole nitrogens is 1. The summed E-state index contributed by atoms with van der Waals surface area (Å²) in [6.07, 6.45) is 4.92. The number of amides is 2. The van der Waals surface area contributed by atoms with Crippen molar-refractivity contribution in [3.05, 3.63) is 35.0 Å². The van der Waals surface area contributed by atoms with Crippen molar-refractivity contribution in [1.82, 2.24) is 15.6 Å². The summed E-state index contributed by atoms with van der Waals surface area (Å²) in [6.45, 7) is 5.49. The molecule has 0 bridgehead atoms. The molecule has 146 valence electrons. The predicted molar refractivity (Wildman–Crippen MR) is 106 cm³/mol. The van der Waals surface area contributed by atoms with E-state index in [1.165, 1.54) is 0 Å². The van der Waals surface area contributed by atoms with Crippen molar-refractivity contribution in [2.75, 3.05) is 0 Å². The highest BCUT2D eigenvalue weighted by Gasteiger charge is 2.29. The highest BCUT2D eigenvalue weighted by Crippen LogP contribution is 2.24. The van der Waals surface area contributed by atoms with Gasteiger partial charge in [-0.2, -0.15) is 0 Å². The molecule has 2 aromatic rings. The molecule has 1 saturated carbocycles. The molecule has 3 rings (SSSR count). The first kappa shape index (κ1) is 19.5. The minimum atomic E-state index is -0.551. The van der Waals surface area contributed by atoms with E-state index in [4.69, 9.17) is 16.3 Å². The lowest BCUT2D eigenvalue weighted by atomic mass is 9.90. The lowest BCUT2D eigenvalue weighted by Gasteiger charge is -2.33. The van der Waals surface area contributed by atoms with Gasteiger partial charge in [-0.25, -0.2) is 4.79 Å². The van der Waals surface area contributed by atoms with Gasteiger partial charge in [-0.3, -0.25) is 4.79 Å². The number of benzene rings is 1. The minimum absolute atomic E-state index is 0.123. The van der Waals surface area contributed by atoms with E-state index in [9.17, 15) is 9.59 Å². The van der Waals surface area contributed by atoms with Crippen LogP contribution >= 0.6 is 11.6 Å². The van der Waals surface area contributed by atoms with Crippen molar-refractivity contribution in [3.63, 3.8) is 0 Å². The summed E-state index contributed by atoms with van der Waals surface area (Å²) in [5.74, 6) is -0.162. The van der Waals surface area contributed by atoms with Crippen LogP contribution in [0.2, 0.25) is 5.02 Å². The quantitative estimate of drug-likeness (QED) is 0.725. The summed E-state index contributed by atoms with van der Waals surface area (Å²) in [6, 6.07) is 5.12. The van der Waals surface area contributed by atoms with E-state index in [1.54, 1.807) is 18.3 Å². The van der Waals surface area contributed by atoms with Crippen LogP contribution in [0.3, 0.4) is 0 Å². The van der Waals surface area contributed by atoms with Gasteiger partial charge in [-0.1, -0.05) is 30.5 Å². The molecule has 7 heteroatoms. The number of fused-ring (bicyclic) bond motifs is 1. The Morgan fingerprint density at radius 2 is 1.81 bits per heavy atom. The summed E-state index contributed by atoms with van der Waals surface area (Å²) >= 11 is 6.09. The van der Waals surface area contributed by atoms with Gasteiger partial charge in [0.25, 0.3) is 5.91 Å². The zero-order valence-corrected chi connectivity index (χ0v) is 16.7. The molecule has 2 atom stereocenters. The largest absolute Gasteiger partial charge is 0.444 e. The van der Waals surface area contributed by atoms with Crippen molar-refractivity contribution < 1.29 is 14.3 Å². The highest BCUT2D eigenvalue weighted by molar-refractivity contribution is 6.35. The van der Waals surface area contributed by atoms with Crippen LogP contribution in [0.1, 0.15) is 56.8 Å². The zero-order chi connectivity index (χ0) is 19.6. The number of aromatic amines is 1. The lowest BCUT2D eigenvalue weighted by molar-refractivity contribution is 0.0475. The van der Waals surface area contributed by atoms with Crippen LogP contribution in [0.5, 0.6) is 0 Å². The Bertz CT molecular complexity index is 841. The van der Waals surface area contributed by atoms with E-state index in [0.29, 0.717) is 10.6 Å². The van der Waals surface area contributed by atoms with E-state index >= 15 is 0 Å². The Morgan fingerprint density at radius 3 is 2.48 bits per heavy atom. The van der Waals surface area contributed by atoms with Crippen LogP contribution in [0.4, 0.5) is 4.79 Å². The summed E-state index contributed by atoms with van der Waals surface area (Å²) in [7, 11) is 0. The summed E-state index contributed by atoms with van der Waals surface area (Å²) in [4.78, 5) is 27.9. The van der Waals surface area contributed by atoms with Crippen LogP contribution < -0.4 is 10.6 Å². The standard InChI is InChI=1S/C20H26ClN3O3/c1-20(2,3)27-19(26)24-16-7-5-4-6-15(16)23-18(25)12-8-9-13-14(21)11-22-17(13)10-12/h8-11,15-16,22H,4-7H2,1-3H3,(H,23,25)(H,24,26)/t15-,16+/m1/s1. The van der Waals surface area contributed by atoms with Crippen molar-refractivity contribution in [2.45, 2.75) is 64.1 Å². The molecule has 0 aliphatic heterocycles. The zero-order valence-electron chi connectivity index (χ0n) is 15.9. The van der Waals surface area contributed by atoms with E-state index in [0.717, 1.165) is 36.6 Å². The van der Waals surface area contributed by atoms with Gasteiger partial charge >= 0.3 is 6.09 Å². The SMILES string of the molecule is CC(C)(C)OC(=O)N[C@H]1CCCC[C@H]1NC(=O)c1ccc2c(Cl)c[nH]c2c1. The van der Waals surface area contributed by atoms with E-state index in [2.05, 4.69) is 15.6 Å². The van der Waals surface area contributed by atoms with Crippen LogP contribution in [-0.2, 0) is 4.74 Å². The molecule has 1 aliphatic rings. The van der Waals surface area contributed by atoms with Crippen LogP contribution in [0.25, 0.3) is 10.9 Å². The lowest BCUT2D eigenvalue weighted by Crippen LogP contribution is -2.53. The Hall–Kier alpha value is -2.21. The van der Waals surface area contributed by atoms with E-state index in [-0.39, 0.29) is 18.0 Å². The second-order valence-corrected chi connectivity index (χ2v) is 8.42. The first-order chi connectivity index (χ1) is 12.7. The molecule has 1 aliphatic carbocycles. The van der Waals surface area contributed by atoms with Crippen molar-refractivity contribution >= 4 is 34.5 Å². The fourth-order valence-corrected chi connectivity index (χ4v) is 3.64. The van der Waals surface area contributed by atoms with Crippen LogP contribution in [0.15, 0.2) is 24.4 Å². The third-order valence-electron chi connectivity index (χ3n) is 4.68. The fourth-order valence-electron chi connectivity index (χ4n) is 3.42. The second kappa shape index (κ2) is 7.80. The molecule has 1 aromatic heterocycles. The molecule has 0 unspecified atom stereocenters. The first-order valence-corrected chi connectivity index (χ1v) is 9.68. The monoisotopic (exact) mass is 391 g/mol. The number of carbonyl (C=O) groups is 2. The molecule has 0 saturated heterocycles. The number of alkyl carbamates (subject to hydrolysis) is 1. The first-order valence-electron chi connectivity index (χ1n) is 9.30. The number of halogens is 1. The smallest absolute Gasteiger partial charge is 0.407 e. The summed E-state index contributed by atoms with van der Waals surface area (Å²) in [5.41, 5.74) is 0.826. The third kappa shape index (κ3) is 4.95. The van der Waals surface area contributed by atoms with Gasteiger partial charge in [0.1, 0.15) is 5.60 Å². The maximum absolute atomic E-state index is 12.7. The Morgan fingerprint density at radius 1 is 1.15 bits per heavy atom. The molecule has 1 fully saturated rings. The fraction of sp³-hybridized carbons (Fsp3) is 0.500. The Labute approximate surface area is 164 Å². The molecule has 1 aromatic carbocycles. The Kier molecular flexibility index (Phi) is 5.65. The number of rotatable bonds is 3. The van der Waals surface area contributed by atoms with Gasteiger partial charge in [0.2, 0.25) is 0 Å².